The Labute approximate surface area is 99.0 Å². The molecule has 15 heavy (non-hydrogen) atoms. The van der Waals surface area contributed by atoms with E-state index in [0.29, 0.717) is 5.92 Å². The van der Waals surface area contributed by atoms with Crippen LogP contribution in [-0.4, -0.2) is 37.6 Å². The molecule has 1 atom stereocenters. The summed E-state index contributed by atoms with van der Waals surface area (Å²) in [5.41, 5.74) is 0. The van der Waals surface area contributed by atoms with Crippen molar-refractivity contribution in [3.05, 3.63) is 22.6 Å². The van der Waals surface area contributed by atoms with Crippen molar-refractivity contribution in [2.24, 2.45) is 0 Å². The molecule has 1 saturated heterocycles. The molecular weight excluding hydrogens is 256 g/mol. The lowest BCUT2D eigenvalue weighted by Gasteiger charge is -2.29. The van der Waals surface area contributed by atoms with Crippen LogP contribution in [0.15, 0.2) is 21.2 Å². The molecule has 1 aromatic rings. The Kier molecular flexibility index (Phi) is 3.83. The number of furan rings is 1. The minimum absolute atomic E-state index is 0.467. The second-order valence-corrected chi connectivity index (χ2v) is 4.88. The number of nitrogens with zero attached hydrogens (tertiary/aromatic N) is 1. The molecule has 0 aromatic carbocycles. The molecule has 0 bridgehead atoms. The summed E-state index contributed by atoms with van der Waals surface area (Å²) in [6.45, 7) is 7.80. The van der Waals surface area contributed by atoms with E-state index >= 15 is 0 Å². The van der Waals surface area contributed by atoms with Gasteiger partial charge in [0.2, 0.25) is 0 Å². The van der Waals surface area contributed by atoms with Crippen LogP contribution in [0.2, 0.25) is 0 Å². The normalized spacial score (nSPS) is 20.4. The Morgan fingerprint density at radius 1 is 1.47 bits per heavy atom. The summed E-state index contributed by atoms with van der Waals surface area (Å²) in [6.07, 6.45) is 0. The summed E-state index contributed by atoms with van der Waals surface area (Å²) in [5.74, 6) is 1.54. The number of halogens is 1. The smallest absolute Gasteiger partial charge is 0.169 e. The lowest BCUT2D eigenvalue weighted by Crippen LogP contribution is -2.44. The Morgan fingerprint density at radius 3 is 2.80 bits per heavy atom. The van der Waals surface area contributed by atoms with Gasteiger partial charge in [-0.25, -0.2) is 0 Å². The van der Waals surface area contributed by atoms with Crippen molar-refractivity contribution in [2.75, 3.05) is 32.7 Å². The highest BCUT2D eigenvalue weighted by atomic mass is 79.9. The molecular formula is C11H17BrN2O. The summed E-state index contributed by atoms with van der Waals surface area (Å²) < 4.78 is 6.38. The number of nitrogens with one attached hydrogen (secondary N) is 1. The molecule has 0 radical (unpaired) electrons. The first-order chi connectivity index (χ1) is 7.25. The van der Waals surface area contributed by atoms with Crippen LogP contribution in [0.5, 0.6) is 0 Å². The second-order valence-electron chi connectivity index (χ2n) is 4.09. The number of hydrogen-bond donors (Lipinski definition) is 1. The summed E-state index contributed by atoms with van der Waals surface area (Å²) in [4.78, 5) is 2.48. The fourth-order valence-corrected chi connectivity index (χ4v) is 2.28. The standard InChI is InChI=1S/C11H17BrN2O/c1-9(10-2-3-11(12)15-10)8-14-6-4-13-5-7-14/h2-3,9,13H,4-8H2,1H3. The highest BCUT2D eigenvalue weighted by Crippen LogP contribution is 2.22. The van der Waals surface area contributed by atoms with Gasteiger partial charge < -0.3 is 14.6 Å². The molecule has 1 N–H and O–H groups in total. The van der Waals surface area contributed by atoms with Crippen molar-refractivity contribution in [1.82, 2.24) is 10.2 Å². The van der Waals surface area contributed by atoms with Crippen molar-refractivity contribution in [1.29, 1.82) is 0 Å². The average Bonchev–Trinajstić information content (AvgIpc) is 2.66. The van der Waals surface area contributed by atoms with E-state index in [2.05, 4.69) is 39.1 Å². The Hall–Kier alpha value is -0.320. The molecule has 0 spiro atoms. The van der Waals surface area contributed by atoms with Gasteiger partial charge in [0.15, 0.2) is 4.67 Å². The van der Waals surface area contributed by atoms with Crippen molar-refractivity contribution in [3.63, 3.8) is 0 Å². The lowest BCUT2D eigenvalue weighted by molar-refractivity contribution is 0.223. The Bertz CT molecular complexity index is 307. The van der Waals surface area contributed by atoms with Gasteiger partial charge in [-0.05, 0) is 28.1 Å². The van der Waals surface area contributed by atoms with Gasteiger partial charge in [0, 0.05) is 38.6 Å². The number of hydrogen-bond acceptors (Lipinski definition) is 3. The van der Waals surface area contributed by atoms with Crippen molar-refractivity contribution in [3.8, 4) is 0 Å². The molecule has 84 valence electrons. The fourth-order valence-electron chi connectivity index (χ4n) is 1.96. The van der Waals surface area contributed by atoms with Crippen LogP contribution in [0, 0.1) is 0 Å². The van der Waals surface area contributed by atoms with Crippen molar-refractivity contribution < 1.29 is 4.42 Å². The van der Waals surface area contributed by atoms with E-state index in [9.17, 15) is 0 Å². The van der Waals surface area contributed by atoms with Crippen LogP contribution in [0.3, 0.4) is 0 Å². The van der Waals surface area contributed by atoms with Crippen molar-refractivity contribution >= 4 is 15.9 Å². The molecule has 3 nitrogen and oxygen atoms in total. The first-order valence-corrected chi connectivity index (χ1v) is 6.23. The van der Waals surface area contributed by atoms with Crippen LogP contribution in [0.1, 0.15) is 18.6 Å². The fraction of sp³-hybridized carbons (Fsp3) is 0.636. The monoisotopic (exact) mass is 272 g/mol. The van der Waals surface area contributed by atoms with Gasteiger partial charge in [-0.2, -0.15) is 0 Å². The summed E-state index contributed by atoms with van der Waals surface area (Å²) >= 11 is 3.34. The largest absolute Gasteiger partial charge is 0.454 e. The maximum Gasteiger partial charge on any atom is 0.169 e. The van der Waals surface area contributed by atoms with Gasteiger partial charge in [0.05, 0.1) is 0 Å². The van der Waals surface area contributed by atoms with Crippen LogP contribution in [0.4, 0.5) is 0 Å². The molecule has 4 heteroatoms. The zero-order chi connectivity index (χ0) is 10.7. The SMILES string of the molecule is CC(CN1CCNCC1)c1ccc(Br)o1. The first-order valence-electron chi connectivity index (χ1n) is 5.44. The maximum atomic E-state index is 5.56. The first kappa shape index (κ1) is 11.2. The predicted octanol–water partition coefficient (Wildman–Crippen LogP) is 2.05. The molecule has 0 aliphatic carbocycles. The van der Waals surface area contributed by atoms with Crippen LogP contribution < -0.4 is 5.32 Å². The zero-order valence-corrected chi connectivity index (χ0v) is 10.6. The van der Waals surface area contributed by atoms with Gasteiger partial charge >= 0.3 is 0 Å². The molecule has 1 aliphatic heterocycles. The highest BCUT2D eigenvalue weighted by molar-refractivity contribution is 9.10. The van der Waals surface area contributed by atoms with Crippen LogP contribution in [-0.2, 0) is 0 Å². The molecule has 0 saturated carbocycles. The Morgan fingerprint density at radius 2 is 2.20 bits per heavy atom. The van der Waals surface area contributed by atoms with E-state index in [1.54, 1.807) is 0 Å². The molecule has 1 aromatic heterocycles. The maximum absolute atomic E-state index is 5.56. The summed E-state index contributed by atoms with van der Waals surface area (Å²) in [7, 11) is 0. The molecule has 2 heterocycles. The van der Waals surface area contributed by atoms with E-state index in [1.807, 2.05) is 6.07 Å². The predicted molar refractivity (Wildman–Crippen MR) is 64.1 cm³/mol. The topological polar surface area (TPSA) is 28.4 Å². The molecule has 1 fully saturated rings. The molecule has 0 amide bonds. The van der Waals surface area contributed by atoms with Crippen LogP contribution in [0.25, 0.3) is 0 Å². The Balaban J connectivity index is 1.88. The minimum atomic E-state index is 0.467. The summed E-state index contributed by atoms with van der Waals surface area (Å²) in [6, 6.07) is 4.01. The van der Waals surface area contributed by atoms with Crippen molar-refractivity contribution in [2.45, 2.75) is 12.8 Å². The van der Waals surface area contributed by atoms with E-state index in [-0.39, 0.29) is 0 Å². The number of rotatable bonds is 3. The second kappa shape index (κ2) is 5.14. The highest BCUT2D eigenvalue weighted by Gasteiger charge is 2.16. The third kappa shape index (κ3) is 3.06. The summed E-state index contributed by atoms with van der Waals surface area (Å²) in [5, 5.41) is 3.36. The zero-order valence-electron chi connectivity index (χ0n) is 9.00. The van der Waals surface area contributed by atoms with Gasteiger partial charge in [0.1, 0.15) is 5.76 Å². The van der Waals surface area contributed by atoms with E-state index < -0.39 is 0 Å². The van der Waals surface area contributed by atoms with E-state index in [1.165, 1.54) is 0 Å². The van der Waals surface area contributed by atoms with Gasteiger partial charge in [0.25, 0.3) is 0 Å². The van der Waals surface area contributed by atoms with Gasteiger partial charge in [-0.1, -0.05) is 6.92 Å². The third-order valence-electron chi connectivity index (χ3n) is 2.82. The quantitative estimate of drug-likeness (QED) is 0.913. The van der Waals surface area contributed by atoms with Gasteiger partial charge in [-0.3, -0.25) is 0 Å². The lowest BCUT2D eigenvalue weighted by atomic mass is 10.1. The molecule has 1 unspecified atom stereocenters. The van der Waals surface area contributed by atoms with E-state index in [4.69, 9.17) is 4.42 Å². The van der Waals surface area contributed by atoms with Crippen LogP contribution >= 0.6 is 15.9 Å². The molecule has 1 aliphatic rings. The third-order valence-corrected chi connectivity index (χ3v) is 3.25. The van der Waals surface area contributed by atoms with E-state index in [0.717, 1.165) is 43.2 Å². The molecule has 2 rings (SSSR count). The average molecular weight is 273 g/mol. The number of piperazine rings is 1. The minimum Gasteiger partial charge on any atom is -0.454 e. The van der Waals surface area contributed by atoms with Gasteiger partial charge in [-0.15, -0.1) is 0 Å².